The Morgan fingerprint density at radius 3 is 2.38 bits per heavy atom. The van der Waals surface area contributed by atoms with Crippen LogP contribution in [0.1, 0.15) is 67.3 Å². The molecular weight excluding hydrogens is 366 g/mol. The maximum absolute atomic E-state index is 13.7. The SMILES string of the molecule is NCCc1ccc(C(=O)N2CCCC23CCCN(C2CCC(O)CC2)C3=O)cc1. The van der Waals surface area contributed by atoms with Crippen molar-refractivity contribution < 1.29 is 14.7 Å². The molecule has 2 aliphatic heterocycles. The molecule has 0 bridgehead atoms. The van der Waals surface area contributed by atoms with Crippen LogP contribution in [0.5, 0.6) is 0 Å². The topological polar surface area (TPSA) is 86.9 Å². The van der Waals surface area contributed by atoms with Gasteiger partial charge in [-0.1, -0.05) is 12.1 Å². The molecule has 29 heavy (non-hydrogen) atoms. The summed E-state index contributed by atoms with van der Waals surface area (Å²) >= 11 is 0. The molecule has 1 spiro atoms. The molecule has 3 fully saturated rings. The molecule has 0 aromatic heterocycles. The van der Waals surface area contributed by atoms with Gasteiger partial charge in [0.15, 0.2) is 0 Å². The van der Waals surface area contributed by atoms with Crippen LogP contribution in [0.25, 0.3) is 0 Å². The minimum Gasteiger partial charge on any atom is -0.393 e. The number of carbonyl (C=O) groups excluding carboxylic acids is 2. The Hall–Kier alpha value is -1.92. The average Bonchev–Trinajstić information content (AvgIpc) is 3.16. The van der Waals surface area contributed by atoms with Crippen LogP contribution >= 0.6 is 0 Å². The summed E-state index contributed by atoms with van der Waals surface area (Å²) in [5.74, 6) is 0.104. The van der Waals surface area contributed by atoms with Gasteiger partial charge in [0.25, 0.3) is 5.91 Å². The molecule has 2 saturated heterocycles. The second kappa shape index (κ2) is 8.44. The van der Waals surface area contributed by atoms with Crippen LogP contribution in [0, 0.1) is 0 Å². The Morgan fingerprint density at radius 1 is 1.07 bits per heavy atom. The van der Waals surface area contributed by atoms with Crippen LogP contribution in [0.4, 0.5) is 0 Å². The van der Waals surface area contributed by atoms with E-state index in [1.54, 1.807) is 0 Å². The van der Waals surface area contributed by atoms with Gasteiger partial charge in [-0.3, -0.25) is 9.59 Å². The van der Waals surface area contributed by atoms with Gasteiger partial charge in [0.1, 0.15) is 5.54 Å². The Morgan fingerprint density at radius 2 is 1.72 bits per heavy atom. The first kappa shape index (κ1) is 20.4. The Labute approximate surface area is 173 Å². The van der Waals surface area contributed by atoms with Crippen LogP contribution in [-0.2, 0) is 11.2 Å². The van der Waals surface area contributed by atoms with Crippen molar-refractivity contribution in [2.45, 2.75) is 75.5 Å². The van der Waals surface area contributed by atoms with E-state index in [0.717, 1.165) is 69.9 Å². The van der Waals surface area contributed by atoms with Gasteiger partial charge >= 0.3 is 0 Å². The van der Waals surface area contributed by atoms with Crippen LogP contribution in [0.2, 0.25) is 0 Å². The highest BCUT2D eigenvalue weighted by Crippen LogP contribution is 2.41. The number of nitrogens with two attached hydrogens (primary N) is 1. The van der Waals surface area contributed by atoms with Crippen LogP contribution < -0.4 is 5.73 Å². The number of aliphatic hydroxyl groups is 1. The number of hydrogen-bond acceptors (Lipinski definition) is 4. The molecule has 1 aromatic rings. The number of hydrogen-bond donors (Lipinski definition) is 2. The highest BCUT2D eigenvalue weighted by Gasteiger charge is 2.53. The van der Waals surface area contributed by atoms with Crippen LogP contribution in [0.3, 0.4) is 0 Å². The molecule has 1 unspecified atom stereocenters. The monoisotopic (exact) mass is 399 g/mol. The molecule has 6 nitrogen and oxygen atoms in total. The summed E-state index contributed by atoms with van der Waals surface area (Å²) in [5, 5.41) is 9.83. The predicted molar refractivity (Wildman–Crippen MR) is 111 cm³/mol. The van der Waals surface area contributed by atoms with Crippen LogP contribution in [-0.4, -0.2) is 64.0 Å². The average molecular weight is 400 g/mol. The quantitative estimate of drug-likeness (QED) is 0.812. The molecule has 1 atom stereocenters. The fourth-order valence-electron chi connectivity index (χ4n) is 5.53. The minimum atomic E-state index is -0.679. The van der Waals surface area contributed by atoms with Crippen molar-refractivity contribution in [3.05, 3.63) is 35.4 Å². The third-order valence-electron chi connectivity index (χ3n) is 7.12. The number of likely N-dealkylation sites (tertiary alicyclic amines) is 2. The highest BCUT2D eigenvalue weighted by molar-refractivity contribution is 6.00. The Balaban J connectivity index is 1.53. The third kappa shape index (κ3) is 3.80. The minimum absolute atomic E-state index is 0.0314. The fourth-order valence-corrected chi connectivity index (χ4v) is 5.53. The zero-order chi connectivity index (χ0) is 20.4. The Bertz CT molecular complexity index is 742. The molecule has 6 heteroatoms. The lowest BCUT2D eigenvalue weighted by atomic mass is 9.82. The summed E-state index contributed by atoms with van der Waals surface area (Å²) in [6.07, 6.45) is 7.14. The summed E-state index contributed by atoms with van der Waals surface area (Å²) in [5.41, 5.74) is 6.71. The lowest BCUT2D eigenvalue weighted by molar-refractivity contribution is -0.149. The van der Waals surface area contributed by atoms with E-state index in [-0.39, 0.29) is 24.0 Å². The lowest BCUT2D eigenvalue weighted by Gasteiger charge is -2.48. The summed E-state index contributed by atoms with van der Waals surface area (Å²) in [4.78, 5) is 30.9. The molecule has 2 amide bonds. The number of amides is 2. The molecule has 3 aliphatic rings. The second-order valence-electron chi connectivity index (χ2n) is 8.89. The number of benzene rings is 1. The molecule has 1 aliphatic carbocycles. The maximum atomic E-state index is 13.7. The Kier molecular flexibility index (Phi) is 5.93. The maximum Gasteiger partial charge on any atom is 0.254 e. The van der Waals surface area contributed by atoms with E-state index < -0.39 is 5.54 Å². The number of nitrogens with zero attached hydrogens (tertiary/aromatic N) is 2. The van der Waals surface area contributed by atoms with Crippen molar-refractivity contribution >= 4 is 11.8 Å². The fraction of sp³-hybridized carbons (Fsp3) is 0.652. The highest BCUT2D eigenvalue weighted by atomic mass is 16.3. The molecule has 0 radical (unpaired) electrons. The predicted octanol–water partition coefficient (Wildman–Crippen LogP) is 2.09. The van der Waals surface area contributed by atoms with Gasteiger partial charge in [-0.05, 0) is 82.0 Å². The first-order valence-corrected chi connectivity index (χ1v) is 11.2. The molecule has 1 saturated carbocycles. The largest absolute Gasteiger partial charge is 0.393 e. The van der Waals surface area contributed by atoms with Gasteiger partial charge in [0, 0.05) is 24.7 Å². The normalized spacial score (nSPS) is 30.2. The van der Waals surface area contributed by atoms with Crippen molar-refractivity contribution in [3.63, 3.8) is 0 Å². The standard InChI is InChI=1S/C23H33N3O3/c24-14-11-17-3-5-18(6-4-17)21(28)26-16-2-13-23(26)12-1-15-25(22(23)29)19-7-9-20(27)10-8-19/h3-6,19-20,27H,1-2,7-16,24H2. The van der Waals surface area contributed by atoms with E-state index >= 15 is 0 Å². The van der Waals surface area contributed by atoms with Crippen LogP contribution in [0.15, 0.2) is 24.3 Å². The first-order chi connectivity index (χ1) is 14.0. The number of aliphatic hydroxyl groups excluding tert-OH is 1. The van der Waals surface area contributed by atoms with Crippen molar-refractivity contribution in [2.75, 3.05) is 19.6 Å². The summed E-state index contributed by atoms with van der Waals surface area (Å²) in [6.45, 7) is 2.01. The summed E-state index contributed by atoms with van der Waals surface area (Å²) < 4.78 is 0. The van der Waals surface area contributed by atoms with Gasteiger partial charge < -0.3 is 20.6 Å². The number of carbonyl (C=O) groups is 2. The zero-order valence-corrected chi connectivity index (χ0v) is 17.2. The summed E-state index contributed by atoms with van der Waals surface area (Å²) in [6, 6.07) is 7.87. The molecule has 4 rings (SSSR count). The van der Waals surface area contributed by atoms with Gasteiger partial charge in [0.2, 0.25) is 5.91 Å². The van der Waals surface area contributed by atoms with Gasteiger partial charge in [-0.15, -0.1) is 0 Å². The zero-order valence-electron chi connectivity index (χ0n) is 17.2. The first-order valence-electron chi connectivity index (χ1n) is 11.2. The molecule has 2 heterocycles. The third-order valence-corrected chi connectivity index (χ3v) is 7.12. The van der Waals surface area contributed by atoms with Crippen molar-refractivity contribution in [1.29, 1.82) is 0 Å². The smallest absolute Gasteiger partial charge is 0.254 e. The van der Waals surface area contributed by atoms with E-state index in [0.29, 0.717) is 18.7 Å². The number of rotatable bonds is 4. The van der Waals surface area contributed by atoms with Gasteiger partial charge in [-0.25, -0.2) is 0 Å². The molecule has 1 aromatic carbocycles. The van der Waals surface area contributed by atoms with E-state index in [9.17, 15) is 14.7 Å². The van der Waals surface area contributed by atoms with E-state index in [1.807, 2.05) is 34.1 Å². The molecule has 3 N–H and O–H groups in total. The number of piperidine rings is 1. The van der Waals surface area contributed by atoms with E-state index in [1.165, 1.54) is 0 Å². The summed E-state index contributed by atoms with van der Waals surface area (Å²) in [7, 11) is 0. The molecular formula is C23H33N3O3. The van der Waals surface area contributed by atoms with Crippen molar-refractivity contribution in [2.24, 2.45) is 5.73 Å². The van der Waals surface area contributed by atoms with Crippen molar-refractivity contribution in [1.82, 2.24) is 9.80 Å². The van der Waals surface area contributed by atoms with E-state index in [4.69, 9.17) is 5.73 Å². The molecule has 158 valence electrons. The van der Waals surface area contributed by atoms with Crippen molar-refractivity contribution in [3.8, 4) is 0 Å². The second-order valence-corrected chi connectivity index (χ2v) is 8.89. The van der Waals surface area contributed by atoms with Gasteiger partial charge in [-0.2, -0.15) is 0 Å². The van der Waals surface area contributed by atoms with Gasteiger partial charge in [0.05, 0.1) is 6.10 Å². The van der Waals surface area contributed by atoms with E-state index in [2.05, 4.69) is 0 Å². The lowest BCUT2D eigenvalue weighted by Crippen LogP contribution is -2.63.